The molecule has 0 amide bonds. The van der Waals surface area contributed by atoms with Crippen molar-refractivity contribution in [3.8, 4) is 0 Å². The summed E-state index contributed by atoms with van der Waals surface area (Å²) in [6.07, 6.45) is -0.554. The topological polar surface area (TPSA) is 35.5 Å². The van der Waals surface area contributed by atoms with Crippen molar-refractivity contribution in [1.82, 2.24) is 5.32 Å². The van der Waals surface area contributed by atoms with E-state index in [0.29, 0.717) is 13.1 Å². The molecule has 1 atom stereocenters. The Morgan fingerprint density at radius 1 is 1.05 bits per heavy atom. The van der Waals surface area contributed by atoms with E-state index in [-0.39, 0.29) is 5.82 Å². The van der Waals surface area contributed by atoms with E-state index in [4.69, 9.17) is 0 Å². The second kappa shape index (κ2) is 7.20. The molecule has 0 aromatic heterocycles. The minimum absolute atomic E-state index is 0.236. The SMILES string of the molecule is CN(C)c1ccc(C(O)CNCc2ccc(F)cc2)cc1. The van der Waals surface area contributed by atoms with Crippen molar-refractivity contribution in [2.45, 2.75) is 12.6 Å². The number of anilines is 1. The standard InChI is InChI=1S/C17H21FN2O/c1-20(2)16-9-5-14(6-10-16)17(21)12-19-11-13-3-7-15(18)8-4-13/h3-10,17,19,21H,11-12H2,1-2H3. The van der Waals surface area contributed by atoms with Crippen LogP contribution in [-0.4, -0.2) is 25.7 Å². The Kier molecular flexibility index (Phi) is 5.31. The molecule has 0 aliphatic carbocycles. The summed E-state index contributed by atoms with van der Waals surface area (Å²) in [5, 5.41) is 13.3. The van der Waals surface area contributed by atoms with Crippen LogP contribution in [0.25, 0.3) is 0 Å². The van der Waals surface area contributed by atoms with Crippen LogP contribution < -0.4 is 10.2 Å². The van der Waals surface area contributed by atoms with Gasteiger partial charge >= 0.3 is 0 Å². The minimum Gasteiger partial charge on any atom is -0.387 e. The second-order valence-electron chi connectivity index (χ2n) is 5.26. The Bertz CT molecular complexity index is 552. The van der Waals surface area contributed by atoms with Crippen LogP contribution in [0.15, 0.2) is 48.5 Å². The maximum atomic E-state index is 12.8. The van der Waals surface area contributed by atoms with E-state index >= 15 is 0 Å². The molecule has 2 N–H and O–H groups in total. The lowest BCUT2D eigenvalue weighted by molar-refractivity contribution is 0.174. The molecule has 21 heavy (non-hydrogen) atoms. The molecule has 0 aliphatic heterocycles. The number of halogens is 1. The van der Waals surface area contributed by atoms with Crippen molar-refractivity contribution in [1.29, 1.82) is 0 Å². The van der Waals surface area contributed by atoms with E-state index in [1.165, 1.54) is 12.1 Å². The fraction of sp³-hybridized carbons (Fsp3) is 0.294. The van der Waals surface area contributed by atoms with Crippen molar-refractivity contribution in [2.24, 2.45) is 0 Å². The van der Waals surface area contributed by atoms with Crippen molar-refractivity contribution in [3.63, 3.8) is 0 Å². The zero-order valence-electron chi connectivity index (χ0n) is 12.4. The molecule has 2 rings (SSSR count). The van der Waals surface area contributed by atoms with Gasteiger partial charge in [0.25, 0.3) is 0 Å². The predicted molar refractivity (Wildman–Crippen MR) is 83.8 cm³/mol. The van der Waals surface area contributed by atoms with Gasteiger partial charge < -0.3 is 15.3 Å². The van der Waals surface area contributed by atoms with Crippen molar-refractivity contribution in [2.75, 3.05) is 25.5 Å². The molecule has 0 heterocycles. The van der Waals surface area contributed by atoms with E-state index in [9.17, 15) is 9.50 Å². The summed E-state index contributed by atoms with van der Waals surface area (Å²) in [4.78, 5) is 2.02. The second-order valence-corrected chi connectivity index (χ2v) is 5.26. The van der Waals surface area contributed by atoms with E-state index in [0.717, 1.165) is 16.8 Å². The zero-order chi connectivity index (χ0) is 15.2. The third-order valence-electron chi connectivity index (χ3n) is 3.37. The number of hydrogen-bond acceptors (Lipinski definition) is 3. The average molecular weight is 288 g/mol. The van der Waals surface area contributed by atoms with Crippen LogP contribution in [0.2, 0.25) is 0 Å². The number of benzene rings is 2. The van der Waals surface area contributed by atoms with Crippen LogP contribution in [0.3, 0.4) is 0 Å². The highest BCUT2D eigenvalue weighted by Gasteiger charge is 2.07. The van der Waals surface area contributed by atoms with Crippen molar-refractivity contribution < 1.29 is 9.50 Å². The molecule has 0 saturated carbocycles. The molecule has 2 aromatic rings. The van der Waals surface area contributed by atoms with Gasteiger partial charge in [0.1, 0.15) is 5.82 Å². The first kappa shape index (κ1) is 15.5. The molecule has 0 fully saturated rings. The molecule has 0 bridgehead atoms. The molecular weight excluding hydrogens is 267 g/mol. The van der Waals surface area contributed by atoms with E-state index in [1.807, 2.05) is 43.3 Å². The fourth-order valence-corrected chi connectivity index (χ4v) is 2.07. The number of aliphatic hydroxyl groups is 1. The van der Waals surface area contributed by atoms with Gasteiger partial charge in [0.15, 0.2) is 0 Å². The zero-order valence-corrected chi connectivity index (χ0v) is 12.4. The molecule has 0 saturated heterocycles. The molecule has 1 unspecified atom stereocenters. The first-order chi connectivity index (χ1) is 10.1. The van der Waals surface area contributed by atoms with Gasteiger partial charge in [-0.2, -0.15) is 0 Å². The van der Waals surface area contributed by atoms with Gasteiger partial charge in [0.05, 0.1) is 6.10 Å². The highest BCUT2D eigenvalue weighted by atomic mass is 19.1. The van der Waals surface area contributed by atoms with Crippen molar-refractivity contribution in [3.05, 3.63) is 65.5 Å². The Balaban J connectivity index is 1.83. The largest absolute Gasteiger partial charge is 0.387 e. The number of nitrogens with zero attached hydrogens (tertiary/aromatic N) is 1. The van der Waals surface area contributed by atoms with Gasteiger partial charge in [0, 0.05) is 32.9 Å². The van der Waals surface area contributed by atoms with E-state index in [1.54, 1.807) is 12.1 Å². The van der Waals surface area contributed by atoms with Crippen LogP contribution in [0.1, 0.15) is 17.2 Å². The van der Waals surface area contributed by atoms with Gasteiger partial charge in [-0.25, -0.2) is 4.39 Å². The molecule has 4 heteroatoms. The fourth-order valence-electron chi connectivity index (χ4n) is 2.07. The molecular formula is C17H21FN2O. The summed E-state index contributed by atoms with van der Waals surface area (Å²) < 4.78 is 12.8. The molecule has 2 aromatic carbocycles. The summed E-state index contributed by atoms with van der Waals surface area (Å²) in [6.45, 7) is 1.06. The van der Waals surface area contributed by atoms with Crippen LogP contribution in [0.5, 0.6) is 0 Å². The summed E-state index contributed by atoms with van der Waals surface area (Å²) in [6, 6.07) is 14.2. The molecule has 0 radical (unpaired) electrons. The summed E-state index contributed by atoms with van der Waals surface area (Å²) in [7, 11) is 3.96. The van der Waals surface area contributed by atoms with Crippen LogP contribution in [0.4, 0.5) is 10.1 Å². The smallest absolute Gasteiger partial charge is 0.123 e. The highest BCUT2D eigenvalue weighted by molar-refractivity contribution is 5.46. The highest BCUT2D eigenvalue weighted by Crippen LogP contribution is 2.17. The quantitative estimate of drug-likeness (QED) is 0.858. The Hall–Kier alpha value is -1.91. The van der Waals surface area contributed by atoms with Crippen LogP contribution >= 0.6 is 0 Å². The number of nitrogens with one attached hydrogen (secondary N) is 1. The first-order valence-corrected chi connectivity index (χ1v) is 6.97. The lowest BCUT2D eigenvalue weighted by Gasteiger charge is -2.15. The van der Waals surface area contributed by atoms with Gasteiger partial charge in [0.2, 0.25) is 0 Å². The van der Waals surface area contributed by atoms with Gasteiger partial charge in [-0.1, -0.05) is 24.3 Å². The summed E-state index contributed by atoms with van der Waals surface area (Å²) in [5.74, 6) is -0.236. The Morgan fingerprint density at radius 3 is 2.24 bits per heavy atom. The van der Waals surface area contributed by atoms with Gasteiger partial charge in [-0.3, -0.25) is 0 Å². The van der Waals surface area contributed by atoms with Gasteiger partial charge in [-0.05, 0) is 35.4 Å². The van der Waals surface area contributed by atoms with E-state index < -0.39 is 6.10 Å². The Labute approximate surface area is 125 Å². The monoisotopic (exact) mass is 288 g/mol. The van der Waals surface area contributed by atoms with Crippen molar-refractivity contribution >= 4 is 5.69 Å². The van der Waals surface area contributed by atoms with Crippen LogP contribution in [-0.2, 0) is 6.54 Å². The molecule has 3 nitrogen and oxygen atoms in total. The first-order valence-electron chi connectivity index (χ1n) is 6.97. The normalized spacial score (nSPS) is 12.2. The molecule has 0 spiro atoms. The number of rotatable bonds is 6. The number of hydrogen-bond donors (Lipinski definition) is 2. The number of aliphatic hydroxyl groups excluding tert-OH is 1. The third kappa shape index (κ3) is 4.55. The maximum Gasteiger partial charge on any atom is 0.123 e. The lowest BCUT2D eigenvalue weighted by Crippen LogP contribution is -2.21. The lowest BCUT2D eigenvalue weighted by atomic mass is 10.1. The molecule has 0 aliphatic rings. The van der Waals surface area contributed by atoms with Gasteiger partial charge in [-0.15, -0.1) is 0 Å². The minimum atomic E-state index is -0.554. The average Bonchev–Trinajstić information content (AvgIpc) is 2.49. The summed E-state index contributed by atoms with van der Waals surface area (Å²) in [5.41, 5.74) is 2.98. The van der Waals surface area contributed by atoms with Crippen LogP contribution in [0, 0.1) is 5.82 Å². The molecule has 112 valence electrons. The maximum absolute atomic E-state index is 12.8. The van der Waals surface area contributed by atoms with E-state index in [2.05, 4.69) is 5.32 Å². The summed E-state index contributed by atoms with van der Waals surface area (Å²) >= 11 is 0. The Morgan fingerprint density at radius 2 is 1.67 bits per heavy atom. The third-order valence-corrected chi connectivity index (χ3v) is 3.37. The predicted octanol–water partition coefficient (Wildman–Crippen LogP) is 2.71.